The van der Waals surface area contributed by atoms with Gasteiger partial charge in [-0.3, -0.25) is 4.79 Å². The van der Waals surface area contributed by atoms with E-state index in [2.05, 4.69) is 0 Å². The first-order valence-corrected chi connectivity index (χ1v) is 6.65. The topological polar surface area (TPSA) is 76.1 Å². The Morgan fingerprint density at radius 2 is 2.11 bits per heavy atom. The lowest BCUT2D eigenvalue weighted by Gasteiger charge is -2.45. The van der Waals surface area contributed by atoms with Gasteiger partial charge in [-0.15, -0.1) is 0 Å². The third kappa shape index (κ3) is 2.74. The second-order valence-corrected chi connectivity index (χ2v) is 5.55. The monoisotopic (exact) mass is 271 g/mol. The number of hydrogen-bond acceptors (Lipinski definition) is 4. The van der Waals surface area contributed by atoms with E-state index < -0.39 is 17.5 Å². The number of carboxylic acids is 1. The number of ether oxygens (including phenoxy) is 2. The summed E-state index contributed by atoms with van der Waals surface area (Å²) in [5.41, 5.74) is -0.436. The number of hydrogen-bond donors (Lipinski definition) is 1. The summed E-state index contributed by atoms with van der Waals surface area (Å²) in [7, 11) is 1.59. The number of amides is 1. The third-order valence-corrected chi connectivity index (χ3v) is 4.01. The maximum atomic E-state index is 12.6. The number of methoxy groups -OCH3 is 1. The maximum absolute atomic E-state index is 12.6. The van der Waals surface area contributed by atoms with E-state index in [1.165, 1.54) is 0 Å². The Balaban J connectivity index is 2.07. The number of morpholine rings is 1. The van der Waals surface area contributed by atoms with Crippen LogP contribution < -0.4 is 0 Å². The summed E-state index contributed by atoms with van der Waals surface area (Å²) in [5, 5.41) is 9.05. The van der Waals surface area contributed by atoms with E-state index in [9.17, 15) is 9.59 Å². The standard InChI is InChI=1S/C13H21NO5/c1-9-6-14(7-10(19-9)11(15)16)12(17)13(8-18-2)4-3-5-13/h9-10H,3-8H2,1-2H3,(H,15,16)/t9-,10?/m1/s1. The molecular formula is C13H21NO5. The molecule has 1 amide bonds. The van der Waals surface area contributed by atoms with Gasteiger partial charge in [0.15, 0.2) is 6.10 Å². The van der Waals surface area contributed by atoms with Crippen LogP contribution in [0.5, 0.6) is 0 Å². The fourth-order valence-electron chi connectivity index (χ4n) is 2.89. The van der Waals surface area contributed by atoms with Gasteiger partial charge in [0.05, 0.1) is 24.7 Å². The number of carbonyl (C=O) groups is 2. The molecule has 108 valence electrons. The minimum Gasteiger partial charge on any atom is -0.479 e. The number of rotatable bonds is 4. The average molecular weight is 271 g/mol. The molecule has 0 bridgehead atoms. The van der Waals surface area contributed by atoms with Crippen molar-refractivity contribution in [2.45, 2.75) is 38.4 Å². The second kappa shape index (κ2) is 5.46. The summed E-state index contributed by atoms with van der Waals surface area (Å²) >= 11 is 0. The zero-order valence-electron chi connectivity index (χ0n) is 11.4. The van der Waals surface area contributed by atoms with Gasteiger partial charge in [0.1, 0.15) is 0 Å². The number of carbonyl (C=O) groups excluding carboxylic acids is 1. The van der Waals surface area contributed by atoms with E-state index in [4.69, 9.17) is 14.6 Å². The summed E-state index contributed by atoms with van der Waals surface area (Å²) in [5.74, 6) is -0.999. The van der Waals surface area contributed by atoms with Gasteiger partial charge in [0, 0.05) is 13.7 Å². The first-order valence-electron chi connectivity index (χ1n) is 6.65. The van der Waals surface area contributed by atoms with Crippen LogP contribution in [0.4, 0.5) is 0 Å². The van der Waals surface area contributed by atoms with Crippen molar-refractivity contribution in [2.24, 2.45) is 5.41 Å². The molecular weight excluding hydrogens is 250 g/mol. The highest BCUT2D eigenvalue weighted by atomic mass is 16.5. The van der Waals surface area contributed by atoms with Gasteiger partial charge in [-0.05, 0) is 19.8 Å². The fraction of sp³-hybridized carbons (Fsp3) is 0.846. The summed E-state index contributed by atoms with van der Waals surface area (Å²) in [6.07, 6.45) is 1.50. The molecule has 1 aliphatic carbocycles. The number of nitrogens with zero attached hydrogens (tertiary/aromatic N) is 1. The third-order valence-electron chi connectivity index (χ3n) is 4.01. The van der Waals surface area contributed by atoms with E-state index >= 15 is 0 Å². The molecule has 6 nitrogen and oxygen atoms in total. The molecule has 2 aliphatic rings. The van der Waals surface area contributed by atoms with Gasteiger partial charge in [0.2, 0.25) is 5.91 Å². The van der Waals surface area contributed by atoms with Crippen LogP contribution in [0, 0.1) is 5.41 Å². The highest BCUT2D eigenvalue weighted by Gasteiger charge is 2.48. The highest BCUT2D eigenvalue weighted by molar-refractivity contribution is 5.85. The van der Waals surface area contributed by atoms with Gasteiger partial charge < -0.3 is 19.5 Å². The minimum atomic E-state index is -1.02. The second-order valence-electron chi connectivity index (χ2n) is 5.55. The van der Waals surface area contributed by atoms with Crippen LogP contribution in [0.3, 0.4) is 0 Å². The van der Waals surface area contributed by atoms with Crippen molar-refractivity contribution in [1.82, 2.24) is 4.90 Å². The van der Waals surface area contributed by atoms with Crippen molar-refractivity contribution in [2.75, 3.05) is 26.8 Å². The van der Waals surface area contributed by atoms with E-state index in [1.54, 1.807) is 18.9 Å². The van der Waals surface area contributed by atoms with E-state index in [0.717, 1.165) is 19.3 Å². The molecule has 2 fully saturated rings. The van der Waals surface area contributed by atoms with Crippen molar-refractivity contribution in [3.63, 3.8) is 0 Å². The van der Waals surface area contributed by atoms with Crippen molar-refractivity contribution in [3.8, 4) is 0 Å². The molecule has 1 saturated carbocycles. The highest BCUT2D eigenvalue weighted by Crippen LogP contribution is 2.43. The Hall–Kier alpha value is -1.14. The molecule has 1 aliphatic heterocycles. The van der Waals surface area contributed by atoms with Crippen LogP contribution in [-0.4, -0.2) is 60.9 Å². The van der Waals surface area contributed by atoms with Gasteiger partial charge in [-0.2, -0.15) is 0 Å². The predicted molar refractivity (Wildman–Crippen MR) is 66.7 cm³/mol. The smallest absolute Gasteiger partial charge is 0.334 e. The molecule has 0 aromatic carbocycles. The molecule has 0 aromatic rings. The van der Waals surface area contributed by atoms with E-state index in [-0.39, 0.29) is 18.6 Å². The van der Waals surface area contributed by atoms with Gasteiger partial charge in [-0.25, -0.2) is 4.79 Å². The van der Waals surface area contributed by atoms with Crippen LogP contribution in [0.15, 0.2) is 0 Å². The molecule has 1 heterocycles. The Kier molecular flexibility index (Phi) is 4.10. The lowest BCUT2D eigenvalue weighted by Crippen LogP contribution is -2.58. The first kappa shape index (κ1) is 14.3. The Morgan fingerprint density at radius 1 is 1.42 bits per heavy atom. The Bertz CT molecular complexity index is 366. The van der Waals surface area contributed by atoms with Crippen molar-refractivity contribution >= 4 is 11.9 Å². The van der Waals surface area contributed by atoms with Gasteiger partial charge in [0.25, 0.3) is 0 Å². The van der Waals surface area contributed by atoms with Crippen LogP contribution in [0.1, 0.15) is 26.2 Å². The molecule has 1 saturated heterocycles. The van der Waals surface area contributed by atoms with Crippen LogP contribution >= 0.6 is 0 Å². The zero-order valence-corrected chi connectivity index (χ0v) is 11.4. The van der Waals surface area contributed by atoms with Crippen LogP contribution in [-0.2, 0) is 19.1 Å². The van der Waals surface area contributed by atoms with Crippen molar-refractivity contribution in [3.05, 3.63) is 0 Å². The van der Waals surface area contributed by atoms with Crippen molar-refractivity contribution < 1.29 is 24.2 Å². The molecule has 1 unspecified atom stereocenters. The lowest BCUT2D eigenvalue weighted by molar-refractivity contribution is -0.174. The number of aliphatic carboxylic acids is 1. The van der Waals surface area contributed by atoms with E-state index in [1.807, 2.05) is 0 Å². The van der Waals surface area contributed by atoms with Crippen LogP contribution in [0.2, 0.25) is 0 Å². The fourth-order valence-corrected chi connectivity index (χ4v) is 2.89. The van der Waals surface area contributed by atoms with Gasteiger partial charge in [-0.1, -0.05) is 6.42 Å². The SMILES string of the molecule is COCC1(C(=O)N2CC(C(=O)O)O[C@H](C)C2)CCC1. The predicted octanol–water partition coefficient (Wildman–Crippen LogP) is 0.504. The van der Waals surface area contributed by atoms with Gasteiger partial charge >= 0.3 is 5.97 Å². The average Bonchev–Trinajstić information content (AvgIpc) is 2.32. The van der Waals surface area contributed by atoms with Crippen molar-refractivity contribution in [1.29, 1.82) is 0 Å². The zero-order chi connectivity index (χ0) is 14.0. The molecule has 0 spiro atoms. The largest absolute Gasteiger partial charge is 0.479 e. The lowest BCUT2D eigenvalue weighted by atomic mass is 9.68. The molecule has 6 heteroatoms. The Morgan fingerprint density at radius 3 is 2.58 bits per heavy atom. The number of carboxylic acid groups (broad SMARTS) is 1. The van der Waals surface area contributed by atoms with E-state index in [0.29, 0.717) is 13.2 Å². The molecule has 2 atom stereocenters. The molecule has 19 heavy (non-hydrogen) atoms. The normalized spacial score (nSPS) is 29.7. The summed E-state index contributed by atoms with van der Waals surface area (Å²) in [4.78, 5) is 25.3. The van der Waals surface area contributed by atoms with Crippen LogP contribution in [0.25, 0.3) is 0 Å². The molecule has 0 aromatic heterocycles. The minimum absolute atomic E-state index is 0.0157. The summed E-state index contributed by atoms with van der Waals surface area (Å²) in [6, 6.07) is 0. The Labute approximate surface area is 112 Å². The first-order chi connectivity index (χ1) is 8.98. The molecule has 0 radical (unpaired) electrons. The quantitative estimate of drug-likeness (QED) is 0.806. The molecule has 2 rings (SSSR count). The maximum Gasteiger partial charge on any atom is 0.334 e. The molecule has 1 N–H and O–H groups in total. The summed E-state index contributed by atoms with van der Waals surface area (Å²) in [6.45, 7) is 2.78. The summed E-state index contributed by atoms with van der Waals surface area (Å²) < 4.78 is 10.5.